The summed E-state index contributed by atoms with van der Waals surface area (Å²) >= 11 is 0. The van der Waals surface area contributed by atoms with Gasteiger partial charge >= 0.3 is 0 Å². The number of carbonyl (C=O) groups excluding carboxylic acids is 1. The van der Waals surface area contributed by atoms with Crippen LogP contribution in [0.15, 0.2) is 64.7 Å². The number of nitrogens with one attached hydrogen (secondary N) is 2. The minimum Gasteiger partial charge on any atom is -0.469 e. The first-order valence-electron chi connectivity index (χ1n) is 9.06. The molecule has 2 N–H and O–H groups in total. The van der Waals surface area contributed by atoms with E-state index in [2.05, 4.69) is 22.2 Å². The zero-order valence-corrected chi connectivity index (χ0v) is 18.8. The Bertz CT molecular complexity index is 758. The quantitative estimate of drug-likeness (QED) is 0.242. The monoisotopic (exact) mass is 496 g/mol. The van der Waals surface area contributed by atoms with Gasteiger partial charge in [0.15, 0.2) is 5.96 Å². The molecule has 0 unspecified atom stereocenters. The molecule has 0 atom stereocenters. The highest BCUT2D eigenvalue weighted by Gasteiger charge is 2.08. The summed E-state index contributed by atoms with van der Waals surface area (Å²) in [6, 6.07) is 11.5. The summed E-state index contributed by atoms with van der Waals surface area (Å²) in [7, 11) is 3.51. The Morgan fingerprint density at radius 1 is 1.21 bits per heavy atom. The van der Waals surface area contributed by atoms with E-state index in [0.29, 0.717) is 25.2 Å². The van der Waals surface area contributed by atoms with Gasteiger partial charge in [-0.15, -0.1) is 30.6 Å². The third kappa shape index (κ3) is 8.16. The summed E-state index contributed by atoms with van der Waals surface area (Å²) in [5, 5.41) is 6.53. The van der Waals surface area contributed by atoms with Gasteiger partial charge in [0.05, 0.1) is 6.26 Å². The number of carbonyl (C=O) groups is 1. The zero-order valence-electron chi connectivity index (χ0n) is 16.5. The van der Waals surface area contributed by atoms with E-state index in [0.717, 1.165) is 30.1 Å². The molecule has 0 fully saturated rings. The van der Waals surface area contributed by atoms with Gasteiger partial charge in [0.1, 0.15) is 5.76 Å². The van der Waals surface area contributed by atoms with E-state index in [-0.39, 0.29) is 29.9 Å². The first kappa shape index (κ1) is 23.7. The van der Waals surface area contributed by atoms with Crippen molar-refractivity contribution in [3.63, 3.8) is 0 Å². The highest BCUT2D eigenvalue weighted by Crippen LogP contribution is 2.07. The van der Waals surface area contributed by atoms with Gasteiger partial charge in [-0.1, -0.05) is 18.2 Å². The number of furan rings is 1. The van der Waals surface area contributed by atoms with E-state index in [9.17, 15) is 4.79 Å². The molecule has 7 heteroatoms. The van der Waals surface area contributed by atoms with Gasteiger partial charge in [0, 0.05) is 45.7 Å². The van der Waals surface area contributed by atoms with E-state index in [4.69, 9.17) is 4.42 Å². The summed E-state index contributed by atoms with van der Waals surface area (Å²) in [6.07, 6.45) is 5.01. The van der Waals surface area contributed by atoms with Crippen LogP contribution >= 0.6 is 24.0 Å². The number of rotatable bonds is 9. The van der Waals surface area contributed by atoms with Crippen LogP contribution in [0.5, 0.6) is 0 Å². The second kappa shape index (κ2) is 13.0. The normalized spacial score (nSPS) is 10.7. The fraction of sp³-hybridized carbons (Fsp3) is 0.333. The van der Waals surface area contributed by atoms with Crippen LogP contribution in [0.4, 0.5) is 0 Å². The molecule has 1 heterocycles. The minimum atomic E-state index is 0. The molecule has 1 aromatic heterocycles. The average Bonchev–Trinajstić information content (AvgIpc) is 3.18. The Balaban J connectivity index is 0.00000392. The number of halogens is 1. The number of amides is 1. The van der Waals surface area contributed by atoms with Crippen molar-refractivity contribution in [3.05, 3.63) is 72.2 Å². The lowest BCUT2D eigenvalue weighted by molar-refractivity contribution is 0.0827. The zero-order chi connectivity index (χ0) is 19.5. The number of guanidine groups is 1. The van der Waals surface area contributed by atoms with Crippen LogP contribution in [0.2, 0.25) is 0 Å². The molecular weight excluding hydrogens is 467 g/mol. The molecule has 28 heavy (non-hydrogen) atoms. The van der Waals surface area contributed by atoms with Crippen LogP contribution in [0.3, 0.4) is 0 Å². The fourth-order valence-corrected chi connectivity index (χ4v) is 2.52. The van der Waals surface area contributed by atoms with E-state index < -0.39 is 0 Å². The summed E-state index contributed by atoms with van der Waals surface area (Å²) < 4.78 is 5.33. The van der Waals surface area contributed by atoms with Crippen molar-refractivity contribution in [2.45, 2.75) is 12.8 Å². The van der Waals surface area contributed by atoms with Gasteiger partial charge < -0.3 is 20.0 Å². The van der Waals surface area contributed by atoms with Crippen molar-refractivity contribution in [1.29, 1.82) is 0 Å². The van der Waals surface area contributed by atoms with Crippen LogP contribution in [0.25, 0.3) is 0 Å². The predicted octanol–water partition coefficient (Wildman–Crippen LogP) is 3.11. The molecule has 2 rings (SSSR count). The maximum atomic E-state index is 12.1. The van der Waals surface area contributed by atoms with Crippen molar-refractivity contribution < 1.29 is 9.21 Å². The Morgan fingerprint density at radius 3 is 2.71 bits per heavy atom. The lowest BCUT2D eigenvalue weighted by Gasteiger charge is -2.13. The molecule has 0 saturated carbocycles. The van der Waals surface area contributed by atoms with Crippen molar-refractivity contribution >= 4 is 35.8 Å². The molecule has 0 saturated heterocycles. The molecule has 1 amide bonds. The summed E-state index contributed by atoms with van der Waals surface area (Å²) in [5.41, 5.74) is 1.81. The standard InChI is InChI=1S/C21H28N4O2.HI/c1-4-12-22-21(24-14-11-19-9-6-15-27-19)23-13-10-17-7-5-8-18(16-17)20(26)25(2)3;/h4-9,15-16H,1,10-14H2,2-3H3,(H2,22,23,24);1H. The lowest BCUT2D eigenvalue weighted by Crippen LogP contribution is -2.38. The molecule has 0 aliphatic carbocycles. The van der Waals surface area contributed by atoms with Crippen LogP contribution in [0.1, 0.15) is 21.7 Å². The Kier molecular flexibility index (Phi) is 11.0. The molecule has 6 nitrogen and oxygen atoms in total. The van der Waals surface area contributed by atoms with E-state index in [1.165, 1.54) is 0 Å². The predicted molar refractivity (Wildman–Crippen MR) is 124 cm³/mol. The Hall–Kier alpha value is -2.29. The SMILES string of the molecule is C=CCNC(=NCCc1ccco1)NCCc1cccc(C(=O)N(C)C)c1.I. The topological polar surface area (TPSA) is 69.9 Å². The van der Waals surface area contributed by atoms with E-state index >= 15 is 0 Å². The second-order valence-corrected chi connectivity index (χ2v) is 6.31. The van der Waals surface area contributed by atoms with Gasteiger partial charge in [-0.2, -0.15) is 0 Å². The van der Waals surface area contributed by atoms with E-state index in [1.807, 2.05) is 36.4 Å². The maximum absolute atomic E-state index is 12.1. The smallest absolute Gasteiger partial charge is 0.253 e. The Morgan fingerprint density at radius 2 is 2.04 bits per heavy atom. The molecule has 0 radical (unpaired) electrons. The molecule has 0 spiro atoms. The third-order valence-corrected chi connectivity index (χ3v) is 3.91. The third-order valence-electron chi connectivity index (χ3n) is 3.91. The summed E-state index contributed by atoms with van der Waals surface area (Å²) in [4.78, 5) is 18.2. The van der Waals surface area contributed by atoms with Crippen LogP contribution < -0.4 is 10.6 Å². The molecular formula is C21H29IN4O2. The van der Waals surface area contributed by atoms with Crippen molar-refractivity contribution in [2.24, 2.45) is 4.99 Å². The van der Waals surface area contributed by atoms with Gasteiger partial charge in [-0.3, -0.25) is 9.79 Å². The fourth-order valence-electron chi connectivity index (χ4n) is 2.52. The number of hydrogen-bond acceptors (Lipinski definition) is 3. The number of benzene rings is 1. The number of hydrogen-bond donors (Lipinski definition) is 2. The molecule has 0 aliphatic rings. The minimum absolute atomic E-state index is 0. The van der Waals surface area contributed by atoms with Gasteiger partial charge in [-0.05, 0) is 36.2 Å². The molecule has 152 valence electrons. The lowest BCUT2D eigenvalue weighted by atomic mass is 10.1. The number of aliphatic imine (C=N–C) groups is 1. The Labute approximate surface area is 184 Å². The van der Waals surface area contributed by atoms with Crippen LogP contribution in [0, 0.1) is 0 Å². The number of nitrogens with zero attached hydrogens (tertiary/aromatic N) is 2. The summed E-state index contributed by atoms with van der Waals surface area (Å²) in [6.45, 7) is 5.71. The van der Waals surface area contributed by atoms with Crippen molar-refractivity contribution in [2.75, 3.05) is 33.7 Å². The first-order valence-corrected chi connectivity index (χ1v) is 9.06. The average molecular weight is 496 g/mol. The van der Waals surface area contributed by atoms with Gasteiger partial charge in [0.25, 0.3) is 5.91 Å². The largest absolute Gasteiger partial charge is 0.469 e. The molecule has 0 aliphatic heterocycles. The molecule has 1 aromatic carbocycles. The van der Waals surface area contributed by atoms with Crippen LogP contribution in [-0.4, -0.2) is 50.5 Å². The van der Waals surface area contributed by atoms with Crippen molar-refractivity contribution in [3.8, 4) is 0 Å². The molecule has 2 aromatic rings. The van der Waals surface area contributed by atoms with Crippen LogP contribution in [-0.2, 0) is 12.8 Å². The van der Waals surface area contributed by atoms with E-state index in [1.54, 1.807) is 31.3 Å². The highest BCUT2D eigenvalue weighted by molar-refractivity contribution is 14.0. The maximum Gasteiger partial charge on any atom is 0.253 e. The second-order valence-electron chi connectivity index (χ2n) is 6.31. The molecule has 0 bridgehead atoms. The summed E-state index contributed by atoms with van der Waals surface area (Å²) in [5.74, 6) is 1.67. The van der Waals surface area contributed by atoms with Crippen molar-refractivity contribution in [1.82, 2.24) is 15.5 Å². The highest BCUT2D eigenvalue weighted by atomic mass is 127. The first-order chi connectivity index (χ1) is 13.1. The van der Waals surface area contributed by atoms with Gasteiger partial charge in [-0.25, -0.2) is 0 Å². The van der Waals surface area contributed by atoms with Gasteiger partial charge in [0.2, 0.25) is 0 Å².